The summed E-state index contributed by atoms with van der Waals surface area (Å²) in [6, 6.07) is 27.1. The summed E-state index contributed by atoms with van der Waals surface area (Å²) in [6.45, 7) is 0. The number of nitrogens with zero attached hydrogens (tertiary/aromatic N) is 2. The monoisotopic (exact) mass is 334 g/mol. The van der Waals surface area contributed by atoms with Crippen LogP contribution in [0.1, 0.15) is 0 Å². The van der Waals surface area contributed by atoms with E-state index < -0.39 is 0 Å². The van der Waals surface area contributed by atoms with Crippen LogP contribution in [0.15, 0.2) is 89.5 Å². The molecule has 3 aromatic heterocycles. The van der Waals surface area contributed by atoms with Gasteiger partial charge >= 0.3 is 0 Å². The molecule has 0 N–H and O–H groups in total. The Kier molecular flexibility index (Phi) is 2.61. The second-order valence-electron chi connectivity index (χ2n) is 6.47. The lowest BCUT2D eigenvalue weighted by molar-refractivity contribution is 0.669. The van der Waals surface area contributed by atoms with Gasteiger partial charge in [-0.2, -0.15) is 0 Å². The van der Waals surface area contributed by atoms with Gasteiger partial charge < -0.3 is 8.98 Å². The molecular formula is C23H14N2O. The Morgan fingerprint density at radius 1 is 0.654 bits per heavy atom. The average Bonchev–Trinajstić information content (AvgIpc) is 3.03. The molecule has 0 saturated heterocycles. The quantitative estimate of drug-likeness (QED) is 0.365. The second-order valence-corrected chi connectivity index (χ2v) is 6.47. The van der Waals surface area contributed by atoms with E-state index in [-0.39, 0.29) is 0 Å². The predicted octanol–water partition coefficient (Wildman–Crippen LogP) is 6.08. The van der Waals surface area contributed by atoms with Crippen LogP contribution in [-0.4, -0.2) is 9.55 Å². The molecule has 0 fully saturated rings. The van der Waals surface area contributed by atoms with Crippen LogP contribution in [0, 0.1) is 0 Å². The van der Waals surface area contributed by atoms with Gasteiger partial charge in [-0.05, 0) is 36.4 Å². The van der Waals surface area contributed by atoms with Gasteiger partial charge in [-0.1, -0.05) is 42.5 Å². The Morgan fingerprint density at radius 2 is 1.42 bits per heavy atom. The molecule has 26 heavy (non-hydrogen) atoms. The minimum absolute atomic E-state index is 0.877. The lowest BCUT2D eigenvalue weighted by Gasteiger charge is -2.11. The van der Waals surface area contributed by atoms with Gasteiger partial charge in [0.2, 0.25) is 0 Å². The van der Waals surface area contributed by atoms with Crippen molar-refractivity contribution in [2.24, 2.45) is 0 Å². The summed E-state index contributed by atoms with van der Waals surface area (Å²) in [4.78, 5) is 4.74. The van der Waals surface area contributed by atoms with Crippen molar-refractivity contribution in [3.05, 3.63) is 85.1 Å². The fourth-order valence-electron chi connectivity index (χ4n) is 3.99. The summed E-state index contributed by atoms with van der Waals surface area (Å²) in [5, 5.41) is 3.32. The zero-order valence-electron chi connectivity index (χ0n) is 13.9. The maximum Gasteiger partial charge on any atom is 0.139 e. The largest absolute Gasteiger partial charge is 0.456 e. The molecular weight excluding hydrogens is 320 g/mol. The third-order valence-corrected chi connectivity index (χ3v) is 5.04. The Bertz CT molecular complexity index is 1420. The zero-order valence-corrected chi connectivity index (χ0v) is 13.9. The molecule has 122 valence electrons. The number of pyridine rings is 1. The van der Waals surface area contributed by atoms with E-state index in [9.17, 15) is 0 Å². The fraction of sp³-hybridized carbons (Fsp3) is 0. The summed E-state index contributed by atoms with van der Waals surface area (Å²) < 4.78 is 8.44. The Morgan fingerprint density at radius 3 is 2.35 bits per heavy atom. The highest BCUT2D eigenvalue weighted by Gasteiger charge is 2.17. The first kappa shape index (κ1) is 13.7. The summed E-state index contributed by atoms with van der Waals surface area (Å²) in [6.07, 6.45) is 1.83. The van der Waals surface area contributed by atoms with Gasteiger partial charge in [0.05, 0.1) is 27.3 Å². The van der Waals surface area contributed by atoms with Crippen LogP contribution in [0.25, 0.3) is 49.6 Å². The van der Waals surface area contributed by atoms with Crippen molar-refractivity contribution in [3.63, 3.8) is 0 Å². The van der Waals surface area contributed by atoms with E-state index in [1.54, 1.807) is 0 Å². The number of benzene rings is 3. The van der Waals surface area contributed by atoms with E-state index in [1.165, 1.54) is 0 Å². The van der Waals surface area contributed by atoms with Gasteiger partial charge in [0.1, 0.15) is 11.2 Å². The van der Waals surface area contributed by atoms with Crippen LogP contribution in [0.3, 0.4) is 0 Å². The van der Waals surface area contributed by atoms with E-state index in [2.05, 4.69) is 65.2 Å². The van der Waals surface area contributed by atoms with Crippen molar-refractivity contribution in [2.75, 3.05) is 0 Å². The van der Waals surface area contributed by atoms with E-state index in [0.29, 0.717) is 0 Å². The molecule has 0 amide bonds. The van der Waals surface area contributed by atoms with E-state index >= 15 is 0 Å². The first-order chi connectivity index (χ1) is 12.9. The van der Waals surface area contributed by atoms with Gasteiger partial charge in [-0.15, -0.1) is 0 Å². The smallest absolute Gasteiger partial charge is 0.139 e. The molecule has 0 saturated carbocycles. The maximum absolute atomic E-state index is 6.14. The molecule has 0 aliphatic rings. The number of aromatic nitrogens is 2. The third-order valence-electron chi connectivity index (χ3n) is 5.04. The fourth-order valence-corrected chi connectivity index (χ4v) is 3.99. The highest BCUT2D eigenvalue weighted by atomic mass is 16.3. The number of para-hydroxylation sites is 2. The molecule has 0 aliphatic heterocycles. The lowest BCUT2D eigenvalue weighted by Crippen LogP contribution is -1.96. The number of furan rings is 1. The summed E-state index contributed by atoms with van der Waals surface area (Å²) in [5.41, 5.74) is 6.11. The Hall–Kier alpha value is -3.59. The van der Waals surface area contributed by atoms with Crippen LogP contribution >= 0.6 is 0 Å². The van der Waals surface area contributed by atoms with Gasteiger partial charge in [0.25, 0.3) is 0 Å². The van der Waals surface area contributed by atoms with Crippen LogP contribution in [0.2, 0.25) is 0 Å². The maximum atomic E-state index is 6.14. The summed E-state index contributed by atoms with van der Waals surface area (Å²) in [5.74, 6) is 0. The normalized spacial score (nSPS) is 11.8. The molecule has 3 nitrogen and oxygen atoms in total. The third kappa shape index (κ3) is 1.69. The van der Waals surface area contributed by atoms with Gasteiger partial charge in [0, 0.05) is 17.3 Å². The van der Waals surface area contributed by atoms with Crippen molar-refractivity contribution in [3.8, 4) is 5.69 Å². The Labute approximate surface area is 149 Å². The standard InChI is InChI=1S/C23H14N2O/c1-2-7-15(8-3-1)25-17-10-5-4-9-16(17)23-22-20(13-14-24-23)26-19-12-6-11-18(25)21(19)22/h1-14H. The molecule has 6 rings (SSSR count). The molecule has 0 unspecified atom stereocenters. The lowest BCUT2D eigenvalue weighted by atomic mass is 10.1. The topological polar surface area (TPSA) is 31.0 Å². The molecule has 0 bridgehead atoms. The van der Waals surface area contributed by atoms with Gasteiger partial charge in [-0.3, -0.25) is 4.98 Å². The zero-order chi connectivity index (χ0) is 17.1. The predicted molar refractivity (Wildman–Crippen MR) is 106 cm³/mol. The average molecular weight is 334 g/mol. The first-order valence-electron chi connectivity index (χ1n) is 8.66. The number of rotatable bonds is 1. The van der Waals surface area contributed by atoms with Crippen molar-refractivity contribution in [2.45, 2.75) is 0 Å². The molecule has 3 heteroatoms. The number of hydrogen-bond donors (Lipinski definition) is 0. The number of fused-ring (bicyclic) bond motifs is 2. The van der Waals surface area contributed by atoms with Crippen LogP contribution < -0.4 is 0 Å². The van der Waals surface area contributed by atoms with E-state index in [4.69, 9.17) is 9.40 Å². The van der Waals surface area contributed by atoms with Crippen LogP contribution in [0.4, 0.5) is 0 Å². The van der Waals surface area contributed by atoms with Crippen molar-refractivity contribution in [1.29, 1.82) is 0 Å². The van der Waals surface area contributed by atoms with Crippen LogP contribution in [0.5, 0.6) is 0 Å². The molecule has 6 aromatic rings. The molecule has 0 atom stereocenters. The molecule has 3 heterocycles. The van der Waals surface area contributed by atoms with Crippen LogP contribution in [-0.2, 0) is 0 Å². The first-order valence-corrected chi connectivity index (χ1v) is 8.66. The minimum atomic E-state index is 0.877. The van der Waals surface area contributed by atoms with E-state index in [1.807, 2.05) is 24.4 Å². The Balaban J connectivity index is 2.05. The van der Waals surface area contributed by atoms with Crippen molar-refractivity contribution < 1.29 is 4.42 Å². The highest BCUT2D eigenvalue weighted by Crippen LogP contribution is 2.39. The van der Waals surface area contributed by atoms with Gasteiger partial charge in [0.15, 0.2) is 0 Å². The minimum Gasteiger partial charge on any atom is -0.456 e. The number of hydrogen-bond acceptors (Lipinski definition) is 2. The highest BCUT2D eigenvalue weighted by molar-refractivity contribution is 6.24. The molecule has 0 radical (unpaired) electrons. The second kappa shape index (κ2) is 4.96. The molecule has 0 aliphatic carbocycles. The van der Waals surface area contributed by atoms with E-state index in [0.717, 1.165) is 49.6 Å². The van der Waals surface area contributed by atoms with Gasteiger partial charge in [-0.25, -0.2) is 0 Å². The molecule has 3 aromatic carbocycles. The molecule has 0 spiro atoms. The summed E-state index contributed by atoms with van der Waals surface area (Å²) >= 11 is 0. The SMILES string of the molecule is c1ccc(-n2c3ccccc3c3nccc4oc5cccc2c5c43)cc1. The summed E-state index contributed by atoms with van der Waals surface area (Å²) in [7, 11) is 0. The van der Waals surface area contributed by atoms with Crippen molar-refractivity contribution >= 4 is 43.9 Å². The van der Waals surface area contributed by atoms with Crippen molar-refractivity contribution in [1.82, 2.24) is 9.55 Å².